The van der Waals surface area contributed by atoms with Gasteiger partial charge in [0.2, 0.25) is 6.41 Å². The Morgan fingerprint density at radius 2 is 2.00 bits per heavy atom. The molecule has 0 aliphatic rings. The van der Waals surface area contributed by atoms with Gasteiger partial charge in [0, 0.05) is 4.47 Å². The van der Waals surface area contributed by atoms with E-state index in [9.17, 15) is 4.79 Å². The van der Waals surface area contributed by atoms with E-state index in [1.165, 1.54) is 5.56 Å². The Kier molecular flexibility index (Phi) is 6.04. The largest absolute Gasteiger partial charge is 0.277 e. The van der Waals surface area contributed by atoms with Crippen LogP contribution in [0, 0.1) is 0 Å². The van der Waals surface area contributed by atoms with Gasteiger partial charge < -0.3 is 0 Å². The summed E-state index contributed by atoms with van der Waals surface area (Å²) in [7, 11) is 0. The van der Waals surface area contributed by atoms with Crippen molar-refractivity contribution in [2.75, 3.05) is 6.61 Å². The van der Waals surface area contributed by atoms with E-state index in [1.54, 1.807) is 0 Å². The lowest BCUT2D eigenvalue weighted by Crippen LogP contribution is -2.12. The van der Waals surface area contributed by atoms with Crippen molar-refractivity contribution in [3.63, 3.8) is 0 Å². The van der Waals surface area contributed by atoms with Crippen molar-refractivity contribution in [1.82, 2.24) is 5.48 Å². The lowest BCUT2D eigenvalue weighted by Gasteiger charge is -2.02. The van der Waals surface area contributed by atoms with E-state index in [-0.39, 0.29) is 0 Å². The molecule has 0 bridgehead atoms. The lowest BCUT2D eigenvalue weighted by molar-refractivity contribution is -0.120. The smallest absolute Gasteiger partial charge is 0.230 e. The van der Waals surface area contributed by atoms with E-state index in [0.717, 1.165) is 23.7 Å². The van der Waals surface area contributed by atoms with Gasteiger partial charge in [-0.25, -0.2) is 5.48 Å². The normalized spacial score (nSPS) is 9.93. The van der Waals surface area contributed by atoms with Crippen LogP contribution in [0.1, 0.15) is 18.4 Å². The first-order chi connectivity index (χ1) is 7.33. The van der Waals surface area contributed by atoms with Crippen LogP contribution in [0.15, 0.2) is 28.7 Å². The molecule has 1 aromatic rings. The first kappa shape index (κ1) is 12.2. The van der Waals surface area contributed by atoms with Gasteiger partial charge in [0.1, 0.15) is 0 Å². The molecular weight excluding hydrogens is 258 g/mol. The molecule has 0 atom stereocenters. The zero-order chi connectivity index (χ0) is 10.9. The number of aryl methyl sites for hydroxylation is 1. The number of halogens is 1. The monoisotopic (exact) mass is 271 g/mol. The van der Waals surface area contributed by atoms with E-state index in [4.69, 9.17) is 4.84 Å². The topological polar surface area (TPSA) is 38.3 Å². The van der Waals surface area contributed by atoms with Crippen molar-refractivity contribution in [2.24, 2.45) is 0 Å². The standard InChI is InChI=1S/C11H14BrNO2/c12-11-6-4-10(5-7-11)3-1-2-8-15-13-9-14/h4-7,9H,1-3,8H2,(H,13,14). The van der Waals surface area contributed by atoms with E-state index in [0.29, 0.717) is 13.0 Å². The molecular formula is C11H14BrNO2. The summed E-state index contributed by atoms with van der Waals surface area (Å²) in [5, 5.41) is 0. The summed E-state index contributed by atoms with van der Waals surface area (Å²) in [6.45, 7) is 0.565. The van der Waals surface area contributed by atoms with Gasteiger partial charge in [0.05, 0.1) is 6.61 Å². The maximum absolute atomic E-state index is 9.85. The number of amides is 1. The van der Waals surface area contributed by atoms with E-state index in [1.807, 2.05) is 12.1 Å². The molecule has 0 aromatic heterocycles. The molecule has 0 saturated heterocycles. The molecule has 1 N–H and O–H groups in total. The fourth-order valence-electron chi connectivity index (χ4n) is 1.25. The molecule has 0 saturated carbocycles. The summed E-state index contributed by atoms with van der Waals surface area (Å²) in [6, 6.07) is 8.29. The van der Waals surface area contributed by atoms with Crippen molar-refractivity contribution in [3.05, 3.63) is 34.3 Å². The maximum Gasteiger partial charge on any atom is 0.230 e. The summed E-state index contributed by atoms with van der Waals surface area (Å²) < 4.78 is 1.10. The van der Waals surface area contributed by atoms with Crippen molar-refractivity contribution >= 4 is 22.3 Å². The molecule has 1 amide bonds. The van der Waals surface area contributed by atoms with Crippen LogP contribution in [0.2, 0.25) is 0 Å². The number of hydroxylamine groups is 1. The molecule has 0 radical (unpaired) electrons. The van der Waals surface area contributed by atoms with Gasteiger partial charge in [-0.05, 0) is 37.0 Å². The quantitative estimate of drug-likeness (QED) is 0.470. The SMILES string of the molecule is O=CNOCCCCc1ccc(Br)cc1. The number of carbonyl (C=O) groups excluding carboxylic acids is 1. The molecule has 4 heteroatoms. The average Bonchev–Trinajstić information content (AvgIpc) is 2.26. The number of hydrogen-bond donors (Lipinski definition) is 1. The number of hydrogen-bond acceptors (Lipinski definition) is 2. The summed E-state index contributed by atoms with van der Waals surface area (Å²) in [6.07, 6.45) is 3.57. The molecule has 0 aliphatic carbocycles. The second-order valence-electron chi connectivity index (χ2n) is 3.17. The van der Waals surface area contributed by atoms with Crippen LogP contribution in [0.3, 0.4) is 0 Å². The third-order valence-corrected chi connectivity index (χ3v) is 2.54. The van der Waals surface area contributed by atoms with Crippen LogP contribution in [0.25, 0.3) is 0 Å². The number of benzene rings is 1. The molecule has 1 rings (SSSR count). The van der Waals surface area contributed by atoms with Gasteiger partial charge >= 0.3 is 0 Å². The predicted octanol–water partition coefficient (Wildman–Crippen LogP) is 2.45. The van der Waals surface area contributed by atoms with Gasteiger partial charge in [-0.2, -0.15) is 0 Å². The van der Waals surface area contributed by atoms with E-state index in [2.05, 4.69) is 33.5 Å². The highest BCUT2D eigenvalue weighted by molar-refractivity contribution is 9.10. The highest BCUT2D eigenvalue weighted by atomic mass is 79.9. The zero-order valence-corrected chi connectivity index (χ0v) is 10.00. The highest BCUT2D eigenvalue weighted by Gasteiger charge is 1.94. The Hall–Kier alpha value is -0.870. The molecule has 3 nitrogen and oxygen atoms in total. The minimum atomic E-state index is 0.536. The first-order valence-electron chi connectivity index (χ1n) is 4.88. The minimum Gasteiger partial charge on any atom is -0.277 e. The Labute approximate surface area is 97.9 Å². The second kappa shape index (κ2) is 7.43. The molecule has 0 spiro atoms. The summed E-state index contributed by atoms with van der Waals surface area (Å²) in [4.78, 5) is 14.7. The van der Waals surface area contributed by atoms with Gasteiger partial charge in [-0.15, -0.1) is 0 Å². The molecule has 0 unspecified atom stereocenters. The minimum absolute atomic E-state index is 0.536. The lowest BCUT2D eigenvalue weighted by atomic mass is 10.1. The molecule has 0 fully saturated rings. The molecule has 0 aliphatic heterocycles. The fraction of sp³-hybridized carbons (Fsp3) is 0.364. The van der Waals surface area contributed by atoms with Crippen LogP contribution in [-0.2, 0) is 16.1 Å². The van der Waals surface area contributed by atoms with Crippen LogP contribution >= 0.6 is 15.9 Å². The number of nitrogens with one attached hydrogen (secondary N) is 1. The highest BCUT2D eigenvalue weighted by Crippen LogP contribution is 2.12. The van der Waals surface area contributed by atoms with Crippen LogP contribution < -0.4 is 5.48 Å². The maximum atomic E-state index is 9.85. The van der Waals surface area contributed by atoms with E-state index < -0.39 is 0 Å². The number of unbranched alkanes of at least 4 members (excludes halogenated alkanes) is 1. The third kappa shape index (κ3) is 5.54. The van der Waals surface area contributed by atoms with Gasteiger partial charge in [0.25, 0.3) is 0 Å². The Morgan fingerprint density at radius 3 is 2.67 bits per heavy atom. The zero-order valence-electron chi connectivity index (χ0n) is 8.41. The summed E-state index contributed by atoms with van der Waals surface area (Å²) >= 11 is 3.39. The number of carbonyl (C=O) groups is 1. The Bertz CT molecular complexity index is 287. The van der Waals surface area contributed by atoms with Crippen molar-refractivity contribution in [1.29, 1.82) is 0 Å². The van der Waals surface area contributed by atoms with E-state index >= 15 is 0 Å². The van der Waals surface area contributed by atoms with Gasteiger partial charge in [-0.3, -0.25) is 9.63 Å². The molecule has 0 heterocycles. The first-order valence-corrected chi connectivity index (χ1v) is 5.67. The molecule has 1 aromatic carbocycles. The Balaban J connectivity index is 2.09. The fourth-order valence-corrected chi connectivity index (χ4v) is 1.51. The van der Waals surface area contributed by atoms with Crippen LogP contribution in [0.5, 0.6) is 0 Å². The second-order valence-corrected chi connectivity index (χ2v) is 4.08. The molecule has 82 valence electrons. The summed E-state index contributed by atoms with van der Waals surface area (Å²) in [5.74, 6) is 0. The van der Waals surface area contributed by atoms with Crippen molar-refractivity contribution in [3.8, 4) is 0 Å². The molecule has 15 heavy (non-hydrogen) atoms. The average molecular weight is 272 g/mol. The van der Waals surface area contributed by atoms with Crippen molar-refractivity contribution < 1.29 is 9.63 Å². The Morgan fingerprint density at radius 1 is 1.27 bits per heavy atom. The summed E-state index contributed by atoms with van der Waals surface area (Å²) in [5.41, 5.74) is 3.49. The van der Waals surface area contributed by atoms with Gasteiger partial charge in [0.15, 0.2) is 0 Å². The van der Waals surface area contributed by atoms with Crippen molar-refractivity contribution in [2.45, 2.75) is 19.3 Å². The van der Waals surface area contributed by atoms with Crippen LogP contribution in [0.4, 0.5) is 0 Å². The number of rotatable bonds is 7. The van der Waals surface area contributed by atoms with Gasteiger partial charge in [-0.1, -0.05) is 28.1 Å². The van der Waals surface area contributed by atoms with Crippen LogP contribution in [-0.4, -0.2) is 13.0 Å². The predicted molar refractivity (Wildman–Crippen MR) is 62.2 cm³/mol. The third-order valence-electron chi connectivity index (χ3n) is 2.01.